The smallest absolute Gasteiger partial charge is 0.238 e. The van der Waals surface area contributed by atoms with Crippen LogP contribution >= 0.6 is 0 Å². The molecule has 0 aliphatic rings. The minimum Gasteiger partial charge on any atom is -0.480 e. The van der Waals surface area contributed by atoms with Crippen molar-refractivity contribution in [1.29, 1.82) is 0 Å². The van der Waals surface area contributed by atoms with Crippen molar-refractivity contribution in [2.24, 2.45) is 0 Å². The molecule has 17 heavy (non-hydrogen) atoms. The third-order valence-corrected chi connectivity index (χ3v) is 2.54. The molecule has 2 heterocycles. The average Bonchev–Trinajstić information content (AvgIpc) is 2.39. The molecule has 5 heteroatoms. The van der Waals surface area contributed by atoms with Crippen LogP contribution in [0.4, 0.5) is 0 Å². The van der Waals surface area contributed by atoms with E-state index in [9.17, 15) is 5.11 Å². The van der Waals surface area contributed by atoms with E-state index in [0.717, 1.165) is 0 Å². The summed E-state index contributed by atoms with van der Waals surface area (Å²) >= 11 is 0. The summed E-state index contributed by atoms with van der Waals surface area (Å²) in [7, 11) is 1.49. The number of aromatic nitrogens is 3. The number of ether oxygens (including phenoxy) is 1. The van der Waals surface area contributed by atoms with Gasteiger partial charge in [-0.15, -0.1) is 0 Å². The van der Waals surface area contributed by atoms with Gasteiger partial charge in [0.05, 0.1) is 7.11 Å². The van der Waals surface area contributed by atoms with Crippen molar-refractivity contribution in [2.75, 3.05) is 7.11 Å². The highest BCUT2D eigenvalue weighted by atomic mass is 16.5. The molecule has 1 unspecified atom stereocenters. The van der Waals surface area contributed by atoms with Gasteiger partial charge < -0.3 is 9.84 Å². The summed E-state index contributed by atoms with van der Waals surface area (Å²) in [6, 6.07) is 3.54. The first kappa shape index (κ1) is 11.5. The predicted octanol–water partition coefficient (Wildman–Crippen LogP) is 1.14. The minimum absolute atomic E-state index is 0.307. The lowest BCUT2D eigenvalue weighted by molar-refractivity contribution is 0.0926. The molecule has 2 aromatic rings. The molecule has 0 aliphatic heterocycles. The van der Waals surface area contributed by atoms with Gasteiger partial charge in [-0.25, -0.2) is 4.98 Å². The Morgan fingerprint density at radius 1 is 1.24 bits per heavy atom. The highest BCUT2D eigenvalue weighted by Gasteiger charge is 2.31. The Bertz CT molecular complexity index is 500. The van der Waals surface area contributed by atoms with Crippen LogP contribution in [-0.2, 0) is 5.60 Å². The van der Waals surface area contributed by atoms with Gasteiger partial charge in [-0.3, -0.25) is 9.97 Å². The molecule has 1 N–H and O–H groups in total. The standard InChI is InChI=1S/C12H13N3O2/c1-12(16,9-4-3-5-13-8-9)10-11(17-2)15-7-6-14-10/h3-8,16H,1-2H3. The first-order valence-corrected chi connectivity index (χ1v) is 5.14. The maximum atomic E-state index is 10.5. The van der Waals surface area contributed by atoms with E-state index in [1.54, 1.807) is 31.5 Å². The average molecular weight is 231 g/mol. The van der Waals surface area contributed by atoms with Crippen molar-refractivity contribution < 1.29 is 9.84 Å². The molecule has 0 aliphatic carbocycles. The number of hydrogen-bond donors (Lipinski definition) is 1. The van der Waals surface area contributed by atoms with E-state index in [2.05, 4.69) is 15.0 Å². The highest BCUT2D eigenvalue weighted by molar-refractivity contribution is 5.34. The summed E-state index contributed by atoms with van der Waals surface area (Å²) < 4.78 is 5.10. The lowest BCUT2D eigenvalue weighted by Crippen LogP contribution is -2.25. The van der Waals surface area contributed by atoms with Crippen LogP contribution in [0.5, 0.6) is 5.88 Å². The van der Waals surface area contributed by atoms with E-state index in [-0.39, 0.29) is 0 Å². The number of rotatable bonds is 3. The normalized spacial score (nSPS) is 14.1. The van der Waals surface area contributed by atoms with Gasteiger partial charge in [-0.2, -0.15) is 0 Å². The number of aliphatic hydroxyl groups is 1. The van der Waals surface area contributed by atoms with Crippen LogP contribution in [0.3, 0.4) is 0 Å². The van der Waals surface area contributed by atoms with Crippen LogP contribution in [0, 0.1) is 0 Å². The molecular formula is C12H13N3O2. The Hall–Kier alpha value is -2.01. The van der Waals surface area contributed by atoms with Crippen LogP contribution in [0.15, 0.2) is 36.9 Å². The number of hydrogen-bond acceptors (Lipinski definition) is 5. The van der Waals surface area contributed by atoms with Crippen LogP contribution in [0.2, 0.25) is 0 Å². The van der Waals surface area contributed by atoms with Gasteiger partial charge in [0.25, 0.3) is 0 Å². The van der Waals surface area contributed by atoms with Gasteiger partial charge in [-0.1, -0.05) is 6.07 Å². The quantitative estimate of drug-likeness (QED) is 0.857. The lowest BCUT2D eigenvalue weighted by Gasteiger charge is -2.23. The Balaban J connectivity index is 2.51. The highest BCUT2D eigenvalue weighted by Crippen LogP contribution is 2.31. The van der Waals surface area contributed by atoms with E-state index in [1.165, 1.54) is 19.5 Å². The molecule has 0 amide bonds. The summed E-state index contributed by atoms with van der Waals surface area (Å²) in [4.78, 5) is 12.1. The molecule has 1 atom stereocenters. The van der Waals surface area contributed by atoms with Crippen LogP contribution in [0.25, 0.3) is 0 Å². The first-order chi connectivity index (χ1) is 8.16. The van der Waals surface area contributed by atoms with Crippen molar-refractivity contribution in [3.63, 3.8) is 0 Å². The van der Waals surface area contributed by atoms with Crippen molar-refractivity contribution in [1.82, 2.24) is 15.0 Å². The van der Waals surface area contributed by atoms with E-state index >= 15 is 0 Å². The molecule has 0 radical (unpaired) electrons. The summed E-state index contributed by atoms with van der Waals surface area (Å²) in [6.07, 6.45) is 6.27. The Labute approximate surface area is 99.2 Å². The molecule has 0 bridgehead atoms. The zero-order chi connectivity index (χ0) is 12.3. The first-order valence-electron chi connectivity index (χ1n) is 5.14. The summed E-state index contributed by atoms with van der Waals surface area (Å²) in [6.45, 7) is 1.64. The zero-order valence-electron chi connectivity index (χ0n) is 9.66. The maximum absolute atomic E-state index is 10.5. The van der Waals surface area contributed by atoms with Gasteiger partial charge in [0.15, 0.2) is 0 Å². The molecule has 0 spiro atoms. The van der Waals surface area contributed by atoms with E-state index in [0.29, 0.717) is 17.1 Å². The van der Waals surface area contributed by atoms with E-state index < -0.39 is 5.60 Å². The fourth-order valence-corrected chi connectivity index (χ4v) is 1.60. The minimum atomic E-state index is -1.28. The van der Waals surface area contributed by atoms with Gasteiger partial charge in [-0.05, 0) is 13.0 Å². The second-order valence-electron chi connectivity index (χ2n) is 3.73. The van der Waals surface area contributed by atoms with E-state index in [1.807, 2.05) is 0 Å². The van der Waals surface area contributed by atoms with Crippen molar-refractivity contribution in [3.05, 3.63) is 48.2 Å². The van der Waals surface area contributed by atoms with Crippen molar-refractivity contribution in [2.45, 2.75) is 12.5 Å². The van der Waals surface area contributed by atoms with Gasteiger partial charge in [0, 0.05) is 30.4 Å². The SMILES string of the molecule is COc1nccnc1C(C)(O)c1cccnc1. The Morgan fingerprint density at radius 3 is 2.65 bits per heavy atom. The number of pyridine rings is 1. The van der Waals surface area contributed by atoms with Gasteiger partial charge in [0.2, 0.25) is 5.88 Å². The molecule has 2 rings (SSSR count). The summed E-state index contributed by atoms with van der Waals surface area (Å²) in [5.74, 6) is 0.307. The maximum Gasteiger partial charge on any atom is 0.238 e. The van der Waals surface area contributed by atoms with Gasteiger partial charge in [0.1, 0.15) is 11.3 Å². The molecule has 5 nitrogen and oxygen atoms in total. The topological polar surface area (TPSA) is 68.1 Å². The molecule has 0 fully saturated rings. The Kier molecular flexibility index (Phi) is 3.01. The molecule has 0 saturated heterocycles. The second-order valence-corrected chi connectivity index (χ2v) is 3.73. The van der Waals surface area contributed by atoms with Gasteiger partial charge >= 0.3 is 0 Å². The van der Waals surface area contributed by atoms with E-state index in [4.69, 9.17) is 4.74 Å². The fourth-order valence-electron chi connectivity index (χ4n) is 1.60. The van der Waals surface area contributed by atoms with Crippen LogP contribution in [-0.4, -0.2) is 27.2 Å². The molecule has 88 valence electrons. The molecule has 0 aromatic carbocycles. The predicted molar refractivity (Wildman–Crippen MR) is 61.5 cm³/mol. The number of methoxy groups -OCH3 is 1. The fraction of sp³-hybridized carbons (Fsp3) is 0.250. The molecule has 0 saturated carbocycles. The molecular weight excluding hydrogens is 218 g/mol. The van der Waals surface area contributed by atoms with Crippen LogP contribution < -0.4 is 4.74 Å². The van der Waals surface area contributed by atoms with Crippen molar-refractivity contribution in [3.8, 4) is 5.88 Å². The van der Waals surface area contributed by atoms with Crippen molar-refractivity contribution >= 4 is 0 Å². The monoisotopic (exact) mass is 231 g/mol. The lowest BCUT2D eigenvalue weighted by atomic mass is 9.94. The summed E-state index contributed by atoms with van der Waals surface area (Å²) in [5, 5.41) is 10.5. The largest absolute Gasteiger partial charge is 0.480 e. The van der Waals surface area contributed by atoms with Crippen LogP contribution in [0.1, 0.15) is 18.2 Å². The Morgan fingerprint density at radius 2 is 2.00 bits per heavy atom. The second kappa shape index (κ2) is 4.47. The number of nitrogens with zero attached hydrogens (tertiary/aromatic N) is 3. The zero-order valence-corrected chi connectivity index (χ0v) is 9.66. The third kappa shape index (κ3) is 2.09. The third-order valence-electron chi connectivity index (χ3n) is 2.54. The summed E-state index contributed by atoms with van der Waals surface area (Å²) in [5.41, 5.74) is -0.275. The molecule has 2 aromatic heterocycles.